The minimum Gasteiger partial charge on any atom is -0.366 e. The number of carbonyl (C=O) groups excluding carboxylic acids is 1. The Hall–Kier alpha value is -1.67. The van der Waals surface area contributed by atoms with Crippen molar-refractivity contribution in [3.8, 4) is 0 Å². The lowest BCUT2D eigenvalue weighted by molar-refractivity contribution is -0.124. The minimum absolute atomic E-state index is 0.0343. The summed E-state index contributed by atoms with van der Waals surface area (Å²) < 4.78 is 26.5. The van der Waals surface area contributed by atoms with Crippen molar-refractivity contribution in [2.24, 2.45) is 5.92 Å². The van der Waals surface area contributed by atoms with Crippen LogP contribution in [0.15, 0.2) is 28.2 Å². The molecule has 114 valence electrons. The van der Waals surface area contributed by atoms with E-state index >= 15 is 0 Å². The molecule has 1 aromatic heterocycles. The summed E-state index contributed by atoms with van der Waals surface area (Å²) in [6, 6.07) is 1.26. The average Bonchev–Trinajstić information content (AvgIpc) is 2.47. The second-order valence-corrected chi connectivity index (χ2v) is 7.40. The molecule has 21 heavy (non-hydrogen) atoms. The van der Waals surface area contributed by atoms with Crippen LogP contribution in [0.1, 0.15) is 19.3 Å². The molecule has 0 aromatic carbocycles. The van der Waals surface area contributed by atoms with Crippen LogP contribution in [-0.4, -0.2) is 42.7 Å². The van der Waals surface area contributed by atoms with Gasteiger partial charge in [0.15, 0.2) is 0 Å². The second kappa shape index (κ2) is 5.27. The molecular formula is C13H17N3O4S. The number of rotatable bonds is 2. The van der Waals surface area contributed by atoms with E-state index in [0.717, 1.165) is 0 Å². The number of aromatic amines is 1. The molecule has 2 aliphatic rings. The Kier molecular flexibility index (Phi) is 3.58. The van der Waals surface area contributed by atoms with Gasteiger partial charge in [-0.1, -0.05) is 0 Å². The van der Waals surface area contributed by atoms with Crippen molar-refractivity contribution in [1.82, 2.24) is 14.6 Å². The Morgan fingerprint density at radius 3 is 2.81 bits per heavy atom. The summed E-state index contributed by atoms with van der Waals surface area (Å²) >= 11 is 0. The Bertz CT molecular complexity index is 712. The predicted octanol–water partition coefficient (Wildman–Crippen LogP) is -0.336. The van der Waals surface area contributed by atoms with Gasteiger partial charge in [-0.25, -0.2) is 8.42 Å². The third kappa shape index (κ3) is 2.60. The second-order valence-electron chi connectivity index (χ2n) is 5.50. The van der Waals surface area contributed by atoms with E-state index < -0.39 is 15.5 Å². The van der Waals surface area contributed by atoms with Gasteiger partial charge in [0.25, 0.3) is 0 Å². The van der Waals surface area contributed by atoms with Gasteiger partial charge < -0.3 is 10.3 Å². The van der Waals surface area contributed by atoms with Crippen LogP contribution in [0, 0.1) is 5.92 Å². The number of hydrogen-bond donors (Lipinski definition) is 2. The van der Waals surface area contributed by atoms with Crippen LogP contribution in [-0.2, 0) is 14.8 Å². The molecule has 2 N–H and O–H groups in total. The summed E-state index contributed by atoms with van der Waals surface area (Å²) in [6.45, 7) is 0.666. The van der Waals surface area contributed by atoms with E-state index in [1.807, 2.05) is 0 Å². The molecule has 8 heteroatoms. The topological polar surface area (TPSA) is 99.3 Å². The van der Waals surface area contributed by atoms with Gasteiger partial charge in [-0.15, -0.1) is 0 Å². The van der Waals surface area contributed by atoms with Gasteiger partial charge in [0.1, 0.15) is 4.90 Å². The quantitative estimate of drug-likeness (QED) is 0.781. The highest BCUT2D eigenvalue weighted by Gasteiger charge is 2.38. The van der Waals surface area contributed by atoms with Crippen LogP contribution < -0.4 is 10.7 Å². The van der Waals surface area contributed by atoms with Gasteiger partial charge in [0.05, 0.1) is 0 Å². The van der Waals surface area contributed by atoms with E-state index in [1.165, 1.54) is 22.8 Å². The van der Waals surface area contributed by atoms with Crippen LogP contribution in [0.5, 0.6) is 0 Å². The molecule has 0 saturated carbocycles. The predicted molar refractivity (Wildman–Crippen MR) is 75.1 cm³/mol. The van der Waals surface area contributed by atoms with E-state index in [-0.39, 0.29) is 22.8 Å². The van der Waals surface area contributed by atoms with Crippen molar-refractivity contribution in [3.05, 3.63) is 28.7 Å². The molecule has 2 fully saturated rings. The van der Waals surface area contributed by atoms with Gasteiger partial charge >= 0.3 is 0 Å². The maximum Gasteiger partial charge on any atom is 0.248 e. The van der Waals surface area contributed by atoms with Crippen LogP contribution in [0.3, 0.4) is 0 Å². The fourth-order valence-electron chi connectivity index (χ4n) is 3.04. The summed E-state index contributed by atoms with van der Waals surface area (Å²) in [7, 11) is -3.78. The first kappa shape index (κ1) is 14.3. The third-order valence-corrected chi connectivity index (χ3v) is 6.08. The van der Waals surface area contributed by atoms with Crippen LogP contribution in [0.2, 0.25) is 0 Å². The molecule has 0 radical (unpaired) electrons. The molecule has 2 atom stereocenters. The van der Waals surface area contributed by atoms with E-state index in [1.54, 1.807) is 0 Å². The normalized spacial score (nSPS) is 27.0. The smallest absolute Gasteiger partial charge is 0.248 e. The molecule has 0 bridgehead atoms. The first-order chi connectivity index (χ1) is 9.98. The standard InChI is InChI=1S/C13H17N3O4S/c17-11-3-5-14-7-12(11)21(19,20)16-6-4-10-9(8-16)1-2-13(18)15-10/h3,5,7,9-10H,1-2,4,6,8H2,(H,14,17)(H,15,18). The number of fused-ring (bicyclic) bond motifs is 1. The summed E-state index contributed by atoms with van der Waals surface area (Å²) in [5.41, 5.74) is -0.507. The van der Waals surface area contributed by atoms with Crippen LogP contribution >= 0.6 is 0 Å². The highest BCUT2D eigenvalue weighted by Crippen LogP contribution is 2.28. The lowest BCUT2D eigenvalue weighted by Crippen LogP contribution is -2.55. The number of nitrogens with one attached hydrogen (secondary N) is 2. The molecule has 3 heterocycles. The number of hydrogen-bond acceptors (Lipinski definition) is 4. The van der Waals surface area contributed by atoms with Gasteiger partial charge in [-0.2, -0.15) is 4.31 Å². The summed E-state index contributed by atoms with van der Waals surface area (Å²) in [5, 5.41) is 2.91. The zero-order valence-electron chi connectivity index (χ0n) is 11.4. The number of H-pyrrole nitrogens is 1. The molecular weight excluding hydrogens is 294 g/mol. The van der Waals surface area contributed by atoms with Gasteiger partial charge in [-0.05, 0) is 18.8 Å². The molecule has 1 amide bonds. The number of carbonyl (C=O) groups is 1. The number of amides is 1. The molecule has 0 spiro atoms. The first-order valence-corrected chi connectivity index (χ1v) is 8.39. The van der Waals surface area contributed by atoms with E-state index in [2.05, 4.69) is 10.3 Å². The number of nitrogens with zero attached hydrogens (tertiary/aromatic N) is 1. The first-order valence-electron chi connectivity index (χ1n) is 6.95. The van der Waals surface area contributed by atoms with E-state index in [9.17, 15) is 18.0 Å². The zero-order chi connectivity index (χ0) is 15.0. The van der Waals surface area contributed by atoms with Gasteiger partial charge in [0, 0.05) is 44.0 Å². The Labute approximate surface area is 122 Å². The largest absolute Gasteiger partial charge is 0.366 e. The molecule has 7 nitrogen and oxygen atoms in total. The number of aromatic nitrogens is 1. The van der Waals surface area contributed by atoms with Crippen molar-refractivity contribution in [2.45, 2.75) is 30.2 Å². The summed E-state index contributed by atoms with van der Waals surface area (Å²) in [6.07, 6.45) is 4.34. The highest BCUT2D eigenvalue weighted by molar-refractivity contribution is 7.89. The van der Waals surface area contributed by atoms with Crippen molar-refractivity contribution in [3.63, 3.8) is 0 Å². The number of sulfonamides is 1. The Morgan fingerprint density at radius 1 is 1.24 bits per heavy atom. The minimum atomic E-state index is -3.78. The van der Waals surface area contributed by atoms with Crippen molar-refractivity contribution < 1.29 is 13.2 Å². The van der Waals surface area contributed by atoms with Gasteiger partial charge in [0.2, 0.25) is 21.4 Å². The SMILES string of the molecule is O=C1CCC2CN(S(=O)(=O)c3c[nH]ccc3=O)CCC2N1. The highest BCUT2D eigenvalue weighted by atomic mass is 32.2. The summed E-state index contributed by atoms with van der Waals surface area (Å²) in [5.74, 6) is 0.154. The lowest BCUT2D eigenvalue weighted by atomic mass is 9.86. The molecule has 3 rings (SSSR count). The van der Waals surface area contributed by atoms with Crippen molar-refractivity contribution >= 4 is 15.9 Å². The maximum atomic E-state index is 12.6. The molecule has 2 aliphatic heterocycles. The van der Waals surface area contributed by atoms with Gasteiger partial charge in [-0.3, -0.25) is 9.59 Å². The van der Waals surface area contributed by atoms with Crippen molar-refractivity contribution in [2.75, 3.05) is 13.1 Å². The average molecular weight is 311 g/mol. The number of pyridine rings is 1. The summed E-state index contributed by atoms with van der Waals surface area (Å²) in [4.78, 5) is 25.6. The van der Waals surface area contributed by atoms with Crippen LogP contribution in [0.4, 0.5) is 0 Å². The fraction of sp³-hybridized carbons (Fsp3) is 0.538. The van der Waals surface area contributed by atoms with E-state index in [0.29, 0.717) is 32.4 Å². The maximum absolute atomic E-state index is 12.6. The molecule has 2 saturated heterocycles. The molecule has 0 aliphatic carbocycles. The Balaban J connectivity index is 1.84. The fourth-order valence-corrected chi connectivity index (χ4v) is 4.59. The van der Waals surface area contributed by atoms with Crippen LogP contribution in [0.25, 0.3) is 0 Å². The molecule has 1 aromatic rings. The monoisotopic (exact) mass is 311 g/mol. The molecule has 2 unspecified atom stereocenters. The Morgan fingerprint density at radius 2 is 2.05 bits per heavy atom. The zero-order valence-corrected chi connectivity index (χ0v) is 12.2. The van der Waals surface area contributed by atoms with E-state index in [4.69, 9.17) is 0 Å². The third-order valence-electron chi connectivity index (χ3n) is 4.19. The number of piperidine rings is 2. The van der Waals surface area contributed by atoms with Crippen molar-refractivity contribution in [1.29, 1.82) is 0 Å². The lowest BCUT2D eigenvalue weighted by Gasteiger charge is -2.40.